The van der Waals surface area contributed by atoms with E-state index in [0.29, 0.717) is 0 Å². The molecule has 0 aliphatic rings. The van der Waals surface area contributed by atoms with Crippen molar-refractivity contribution in [1.82, 2.24) is 0 Å². The summed E-state index contributed by atoms with van der Waals surface area (Å²) in [5.74, 6) is -1.99. The van der Waals surface area contributed by atoms with Crippen LogP contribution in [-0.2, 0) is 16.1 Å². The smallest absolute Gasteiger partial charge is 0.412 e. The summed E-state index contributed by atoms with van der Waals surface area (Å²) in [5.41, 5.74) is 0.280. The highest BCUT2D eigenvalue weighted by Crippen LogP contribution is 2.34. The average Bonchev–Trinajstić information content (AvgIpc) is 2.56. The molecule has 23 heavy (non-hydrogen) atoms. The van der Waals surface area contributed by atoms with Crippen molar-refractivity contribution >= 4 is 17.7 Å². The highest BCUT2D eigenvalue weighted by Gasteiger charge is 2.21. The zero-order valence-electron chi connectivity index (χ0n) is 12.3. The van der Waals surface area contributed by atoms with Crippen LogP contribution in [0.1, 0.15) is 15.9 Å². The summed E-state index contributed by atoms with van der Waals surface area (Å²) in [5, 5.41) is 21.9. The molecule has 0 bridgehead atoms. The van der Waals surface area contributed by atoms with Gasteiger partial charge in [0.2, 0.25) is 0 Å². The number of esters is 1. The predicted molar refractivity (Wildman–Crippen MR) is 81.4 cm³/mol. The molecule has 7 nitrogen and oxygen atoms in total. The number of amides is 1. The molecule has 2 rings (SSSR count). The van der Waals surface area contributed by atoms with Gasteiger partial charge < -0.3 is 19.7 Å². The van der Waals surface area contributed by atoms with Crippen LogP contribution in [0.4, 0.5) is 10.5 Å². The average molecular weight is 317 g/mol. The van der Waals surface area contributed by atoms with Gasteiger partial charge in [0.1, 0.15) is 17.9 Å². The molecule has 0 atom stereocenters. The summed E-state index contributed by atoms with van der Waals surface area (Å²) in [4.78, 5) is 23.3. The lowest BCUT2D eigenvalue weighted by Gasteiger charge is -2.11. The minimum atomic E-state index is -0.929. The lowest BCUT2D eigenvalue weighted by atomic mass is 10.1. The van der Waals surface area contributed by atoms with E-state index in [-0.39, 0.29) is 12.3 Å². The molecular weight excluding hydrogens is 302 g/mol. The normalized spacial score (nSPS) is 9.96. The van der Waals surface area contributed by atoms with E-state index in [0.717, 1.165) is 18.7 Å². The number of benzene rings is 2. The highest BCUT2D eigenvalue weighted by molar-refractivity contribution is 5.99. The van der Waals surface area contributed by atoms with Crippen LogP contribution in [0.3, 0.4) is 0 Å². The monoisotopic (exact) mass is 317 g/mol. The van der Waals surface area contributed by atoms with Gasteiger partial charge in [-0.1, -0.05) is 30.3 Å². The van der Waals surface area contributed by atoms with Crippen LogP contribution in [0, 0.1) is 0 Å². The number of anilines is 1. The third kappa shape index (κ3) is 3.91. The van der Waals surface area contributed by atoms with Gasteiger partial charge in [-0.3, -0.25) is 5.32 Å². The van der Waals surface area contributed by atoms with Crippen molar-refractivity contribution in [2.24, 2.45) is 0 Å². The third-order valence-corrected chi connectivity index (χ3v) is 2.99. The maximum absolute atomic E-state index is 11.8. The molecule has 0 aromatic heterocycles. The van der Waals surface area contributed by atoms with Crippen LogP contribution < -0.4 is 5.32 Å². The Hall–Kier alpha value is -3.22. The van der Waals surface area contributed by atoms with E-state index < -0.39 is 29.1 Å². The Kier molecular flexibility index (Phi) is 5.03. The van der Waals surface area contributed by atoms with Gasteiger partial charge in [-0.25, -0.2) is 9.59 Å². The molecule has 0 spiro atoms. The van der Waals surface area contributed by atoms with Crippen LogP contribution in [-0.4, -0.2) is 29.4 Å². The lowest BCUT2D eigenvalue weighted by Crippen LogP contribution is -2.14. The second-order valence-electron chi connectivity index (χ2n) is 4.53. The fourth-order valence-electron chi connectivity index (χ4n) is 1.85. The maximum Gasteiger partial charge on any atom is 0.412 e. The molecule has 3 N–H and O–H groups in total. The van der Waals surface area contributed by atoms with Gasteiger partial charge in [-0.05, 0) is 17.7 Å². The zero-order valence-corrected chi connectivity index (χ0v) is 12.3. The van der Waals surface area contributed by atoms with Crippen molar-refractivity contribution in [3.63, 3.8) is 0 Å². The molecule has 0 aliphatic carbocycles. The molecule has 0 heterocycles. The van der Waals surface area contributed by atoms with Crippen LogP contribution in [0.2, 0.25) is 0 Å². The minimum Gasteiger partial charge on any atom is -0.507 e. The highest BCUT2D eigenvalue weighted by atomic mass is 16.5. The number of phenols is 2. The second kappa shape index (κ2) is 7.17. The molecule has 0 aliphatic heterocycles. The summed E-state index contributed by atoms with van der Waals surface area (Å²) < 4.78 is 9.46. The number of aromatic hydroxyl groups is 2. The van der Waals surface area contributed by atoms with Crippen molar-refractivity contribution in [1.29, 1.82) is 0 Å². The van der Waals surface area contributed by atoms with Crippen LogP contribution in [0.5, 0.6) is 11.5 Å². The molecule has 0 unspecified atom stereocenters. The fourth-order valence-corrected chi connectivity index (χ4v) is 1.85. The molecule has 0 radical (unpaired) electrons. The summed E-state index contributed by atoms with van der Waals surface area (Å²) in [6.45, 7) is 0.0510. The lowest BCUT2D eigenvalue weighted by molar-refractivity contribution is 0.0594. The van der Waals surface area contributed by atoms with E-state index in [4.69, 9.17) is 4.74 Å². The van der Waals surface area contributed by atoms with Gasteiger partial charge in [0, 0.05) is 0 Å². The van der Waals surface area contributed by atoms with Crippen LogP contribution >= 0.6 is 0 Å². The fraction of sp³-hybridized carbons (Fsp3) is 0.125. The molecule has 1 amide bonds. The Morgan fingerprint density at radius 3 is 2.43 bits per heavy atom. The summed E-state index contributed by atoms with van der Waals surface area (Å²) in [6.07, 6.45) is -0.814. The number of hydrogen-bond acceptors (Lipinski definition) is 6. The number of hydrogen-bond donors (Lipinski definition) is 3. The number of ether oxygens (including phenoxy) is 2. The first-order valence-corrected chi connectivity index (χ1v) is 6.64. The van der Waals surface area contributed by atoms with Crippen molar-refractivity contribution in [2.45, 2.75) is 6.61 Å². The zero-order chi connectivity index (χ0) is 16.8. The topological polar surface area (TPSA) is 105 Å². The molecular formula is C16H15NO6. The number of nitrogens with one attached hydrogen (secondary N) is 1. The molecule has 2 aromatic rings. The molecule has 2 aromatic carbocycles. The molecule has 0 fully saturated rings. The number of methoxy groups -OCH3 is 1. The number of rotatable bonds is 4. The Bertz CT molecular complexity index is 714. The minimum absolute atomic E-state index is 0.0510. The van der Waals surface area contributed by atoms with E-state index >= 15 is 0 Å². The van der Waals surface area contributed by atoms with E-state index in [2.05, 4.69) is 10.1 Å². The number of carbonyl (C=O) groups is 2. The van der Waals surface area contributed by atoms with E-state index in [1.54, 1.807) is 12.1 Å². The van der Waals surface area contributed by atoms with E-state index in [9.17, 15) is 19.8 Å². The summed E-state index contributed by atoms with van der Waals surface area (Å²) in [7, 11) is 1.11. The second-order valence-corrected chi connectivity index (χ2v) is 4.53. The van der Waals surface area contributed by atoms with Gasteiger partial charge in [-0.15, -0.1) is 0 Å². The number of carbonyl (C=O) groups excluding carboxylic acids is 2. The van der Waals surface area contributed by atoms with E-state index in [1.165, 1.54) is 6.07 Å². The first kappa shape index (κ1) is 16.2. The standard InChI is InChI=1S/C16H15NO6/c1-22-15(20)13-12(18)8-7-11(14(13)19)17-16(21)23-9-10-5-3-2-4-6-10/h2-8,18-19H,9H2,1H3,(H,17,21). The molecule has 120 valence electrons. The van der Waals surface area contributed by atoms with Gasteiger partial charge >= 0.3 is 12.1 Å². The maximum atomic E-state index is 11.8. The Morgan fingerprint density at radius 2 is 1.78 bits per heavy atom. The summed E-state index contributed by atoms with van der Waals surface area (Å²) >= 11 is 0. The molecule has 0 saturated carbocycles. The largest absolute Gasteiger partial charge is 0.507 e. The molecule has 7 heteroatoms. The van der Waals surface area contributed by atoms with Crippen molar-refractivity contribution in [2.75, 3.05) is 12.4 Å². The quantitative estimate of drug-likeness (QED) is 0.455. The predicted octanol–water partition coefficient (Wildman–Crippen LogP) is 2.63. The van der Waals surface area contributed by atoms with E-state index in [1.807, 2.05) is 18.2 Å². The van der Waals surface area contributed by atoms with Gasteiger partial charge in [-0.2, -0.15) is 0 Å². The number of phenolic OH excluding ortho intramolecular Hbond substituents is 2. The van der Waals surface area contributed by atoms with Crippen molar-refractivity contribution in [3.05, 3.63) is 53.6 Å². The van der Waals surface area contributed by atoms with Crippen molar-refractivity contribution < 1.29 is 29.3 Å². The van der Waals surface area contributed by atoms with Gasteiger partial charge in [0.15, 0.2) is 5.75 Å². The van der Waals surface area contributed by atoms with Crippen molar-refractivity contribution in [3.8, 4) is 11.5 Å². The first-order valence-electron chi connectivity index (χ1n) is 6.64. The Morgan fingerprint density at radius 1 is 1.09 bits per heavy atom. The SMILES string of the molecule is COC(=O)c1c(O)ccc(NC(=O)OCc2ccccc2)c1O. The first-order chi connectivity index (χ1) is 11.0. The van der Waals surface area contributed by atoms with Gasteiger partial charge in [0.05, 0.1) is 12.8 Å². The van der Waals surface area contributed by atoms with Crippen LogP contribution in [0.15, 0.2) is 42.5 Å². The Balaban J connectivity index is 2.08. The van der Waals surface area contributed by atoms with Crippen LogP contribution in [0.25, 0.3) is 0 Å². The van der Waals surface area contributed by atoms with Gasteiger partial charge in [0.25, 0.3) is 0 Å². The summed E-state index contributed by atoms with van der Waals surface area (Å²) in [6, 6.07) is 11.4. The molecule has 0 saturated heterocycles. The Labute approximate surface area is 132 Å². The third-order valence-electron chi connectivity index (χ3n) is 2.99.